The highest BCUT2D eigenvalue weighted by molar-refractivity contribution is 5.94. The fraction of sp³-hybridized carbons (Fsp3) is 0.263. The Morgan fingerprint density at radius 2 is 1.71 bits per heavy atom. The van der Waals surface area contributed by atoms with E-state index in [1.54, 1.807) is 18.2 Å². The maximum absolute atomic E-state index is 12.4. The van der Waals surface area contributed by atoms with Crippen molar-refractivity contribution < 1.29 is 37.3 Å². The fourth-order valence-corrected chi connectivity index (χ4v) is 2.29. The van der Waals surface area contributed by atoms with Gasteiger partial charge in [-0.2, -0.15) is 8.78 Å². The molecule has 2 aromatic rings. The maximum atomic E-state index is 12.4. The Kier molecular flexibility index (Phi) is 7.55. The van der Waals surface area contributed by atoms with E-state index in [0.717, 1.165) is 5.56 Å². The SMILES string of the molecule is COc1ccc(CNC(=O)COC(=O)c2ccccc2OC(F)F)cc1OC. The summed E-state index contributed by atoms with van der Waals surface area (Å²) in [5.74, 6) is -0.770. The lowest BCUT2D eigenvalue weighted by Crippen LogP contribution is -2.28. The molecule has 9 heteroatoms. The standard InChI is InChI=1S/C19H19F2NO6/c1-25-15-8-7-12(9-16(15)26-2)10-22-17(23)11-27-18(24)13-5-3-4-6-14(13)28-19(20)21/h3-9,19H,10-11H2,1-2H3,(H,22,23). The number of rotatable bonds is 9. The minimum Gasteiger partial charge on any atom is -0.493 e. The molecule has 0 aliphatic carbocycles. The van der Waals surface area contributed by atoms with Crippen LogP contribution in [0.3, 0.4) is 0 Å². The molecule has 0 bridgehead atoms. The molecule has 2 rings (SSSR count). The summed E-state index contributed by atoms with van der Waals surface area (Å²) in [4.78, 5) is 23.9. The molecule has 1 N–H and O–H groups in total. The number of ether oxygens (including phenoxy) is 4. The number of amides is 1. The first-order valence-electron chi connectivity index (χ1n) is 8.13. The van der Waals surface area contributed by atoms with Crippen LogP contribution in [0.4, 0.5) is 8.78 Å². The number of methoxy groups -OCH3 is 2. The molecule has 28 heavy (non-hydrogen) atoms. The molecular formula is C19H19F2NO6. The van der Waals surface area contributed by atoms with Crippen LogP contribution in [0.15, 0.2) is 42.5 Å². The Labute approximate surface area is 160 Å². The van der Waals surface area contributed by atoms with Crippen LogP contribution in [0.2, 0.25) is 0 Å². The van der Waals surface area contributed by atoms with Gasteiger partial charge in [0.25, 0.3) is 5.91 Å². The Hall–Kier alpha value is -3.36. The average molecular weight is 395 g/mol. The molecular weight excluding hydrogens is 376 g/mol. The number of hydrogen-bond acceptors (Lipinski definition) is 6. The van der Waals surface area contributed by atoms with E-state index >= 15 is 0 Å². The second-order valence-corrected chi connectivity index (χ2v) is 5.42. The Bertz CT molecular complexity index is 828. The Balaban J connectivity index is 1.88. The summed E-state index contributed by atoms with van der Waals surface area (Å²) in [6.45, 7) is -3.49. The fourth-order valence-electron chi connectivity index (χ4n) is 2.29. The van der Waals surface area contributed by atoms with E-state index in [1.807, 2.05) is 0 Å². The summed E-state index contributed by atoms with van der Waals surface area (Å²) in [6.07, 6.45) is 0. The van der Waals surface area contributed by atoms with Crippen molar-refractivity contribution in [2.24, 2.45) is 0 Å². The molecule has 0 atom stereocenters. The van der Waals surface area contributed by atoms with E-state index in [-0.39, 0.29) is 17.9 Å². The molecule has 0 radical (unpaired) electrons. The summed E-state index contributed by atoms with van der Waals surface area (Å²) in [5.41, 5.74) is 0.545. The third-order valence-corrected chi connectivity index (χ3v) is 3.60. The summed E-state index contributed by atoms with van der Waals surface area (Å²) in [7, 11) is 3.01. The number of carbonyl (C=O) groups is 2. The molecule has 0 spiro atoms. The zero-order valence-electron chi connectivity index (χ0n) is 15.2. The Morgan fingerprint density at radius 3 is 2.39 bits per heavy atom. The number of nitrogens with one attached hydrogen (secondary N) is 1. The predicted octanol–water partition coefficient (Wildman–Crippen LogP) is 2.78. The Morgan fingerprint density at radius 1 is 1.00 bits per heavy atom. The molecule has 0 aliphatic heterocycles. The minimum absolute atomic E-state index is 0.168. The zero-order valence-corrected chi connectivity index (χ0v) is 15.2. The van der Waals surface area contributed by atoms with Crippen molar-refractivity contribution in [3.63, 3.8) is 0 Å². The molecule has 0 unspecified atom stereocenters. The van der Waals surface area contributed by atoms with Crippen molar-refractivity contribution >= 4 is 11.9 Å². The van der Waals surface area contributed by atoms with Gasteiger partial charge in [-0.25, -0.2) is 4.79 Å². The molecule has 0 aromatic heterocycles. The van der Waals surface area contributed by atoms with Gasteiger partial charge in [-0.05, 0) is 29.8 Å². The normalized spacial score (nSPS) is 10.3. The van der Waals surface area contributed by atoms with Crippen molar-refractivity contribution in [1.82, 2.24) is 5.32 Å². The third kappa shape index (κ3) is 5.83. The number of para-hydroxylation sites is 1. The van der Waals surface area contributed by atoms with E-state index in [0.29, 0.717) is 11.5 Å². The van der Waals surface area contributed by atoms with Crippen LogP contribution in [0, 0.1) is 0 Å². The molecule has 150 valence electrons. The van der Waals surface area contributed by atoms with Crippen LogP contribution in [0.5, 0.6) is 17.2 Å². The van der Waals surface area contributed by atoms with Crippen molar-refractivity contribution in [2.45, 2.75) is 13.2 Å². The van der Waals surface area contributed by atoms with Gasteiger partial charge in [0, 0.05) is 6.54 Å². The van der Waals surface area contributed by atoms with Crippen LogP contribution >= 0.6 is 0 Å². The van der Waals surface area contributed by atoms with Crippen molar-refractivity contribution in [1.29, 1.82) is 0 Å². The average Bonchev–Trinajstić information content (AvgIpc) is 2.70. The first-order valence-corrected chi connectivity index (χ1v) is 8.13. The molecule has 0 saturated heterocycles. The van der Waals surface area contributed by atoms with E-state index in [2.05, 4.69) is 10.1 Å². The van der Waals surface area contributed by atoms with Crippen molar-refractivity contribution in [3.05, 3.63) is 53.6 Å². The van der Waals surface area contributed by atoms with E-state index in [9.17, 15) is 18.4 Å². The van der Waals surface area contributed by atoms with Crippen LogP contribution in [0.1, 0.15) is 15.9 Å². The number of benzene rings is 2. The topological polar surface area (TPSA) is 83.1 Å². The second kappa shape index (κ2) is 10.1. The molecule has 1 amide bonds. The van der Waals surface area contributed by atoms with Crippen molar-refractivity contribution in [3.8, 4) is 17.2 Å². The number of carbonyl (C=O) groups excluding carboxylic acids is 2. The van der Waals surface area contributed by atoms with Gasteiger partial charge < -0.3 is 24.3 Å². The van der Waals surface area contributed by atoms with Gasteiger partial charge in [0.2, 0.25) is 0 Å². The lowest BCUT2D eigenvalue weighted by Gasteiger charge is -2.11. The number of hydrogen-bond donors (Lipinski definition) is 1. The monoisotopic (exact) mass is 395 g/mol. The maximum Gasteiger partial charge on any atom is 0.387 e. The van der Waals surface area contributed by atoms with Gasteiger partial charge in [0.05, 0.1) is 14.2 Å². The highest BCUT2D eigenvalue weighted by atomic mass is 19.3. The number of alkyl halides is 2. The second-order valence-electron chi connectivity index (χ2n) is 5.42. The molecule has 0 saturated carbocycles. The molecule has 0 heterocycles. The molecule has 2 aromatic carbocycles. The summed E-state index contributed by atoms with van der Waals surface area (Å²) in [5, 5.41) is 2.58. The summed E-state index contributed by atoms with van der Waals surface area (Å²) >= 11 is 0. The largest absolute Gasteiger partial charge is 0.493 e. The predicted molar refractivity (Wildman–Crippen MR) is 94.7 cm³/mol. The highest BCUT2D eigenvalue weighted by Crippen LogP contribution is 2.27. The lowest BCUT2D eigenvalue weighted by molar-refractivity contribution is -0.124. The van der Waals surface area contributed by atoms with E-state index in [1.165, 1.54) is 38.5 Å². The third-order valence-electron chi connectivity index (χ3n) is 3.60. The first-order chi connectivity index (χ1) is 13.4. The van der Waals surface area contributed by atoms with Crippen LogP contribution in [-0.2, 0) is 16.1 Å². The van der Waals surface area contributed by atoms with Gasteiger partial charge in [0.15, 0.2) is 18.1 Å². The molecule has 7 nitrogen and oxygen atoms in total. The van der Waals surface area contributed by atoms with E-state index < -0.39 is 25.1 Å². The van der Waals surface area contributed by atoms with Crippen LogP contribution in [0.25, 0.3) is 0 Å². The smallest absolute Gasteiger partial charge is 0.387 e. The van der Waals surface area contributed by atoms with E-state index in [4.69, 9.17) is 14.2 Å². The number of esters is 1. The van der Waals surface area contributed by atoms with Gasteiger partial charge in [0.1, 0.15) is 11.3 Å². The first kappa shape index (κ1) is 20.9. The van der Waals surface area contributed by atoms with Crippen molar-refractivity contribution in [2.75, 3.05) is 20.8 Å². The van der Waals surface area contributed by atoms with Crippen LogP contribution in [-0.4, -0.2) is 39.3 Å². The highest BCUT2D eigenvalue weighted by Gasteiger charge is 2.17. The molecule has 0 aliphatic rings. The summed E-state index contributed by atoms with van der Waals surface area (Å²) < 4.78 is 44.2. The molecule has 0 fully saturated rings. The van der Waals surface area contributed by atoms with Gasteiger partial charge in [-0.15, -0.1) is 0 Å². The summed E-state index contributed by atoms with van der Waals surface area (Å²) in [6, 6.07) is 10.5. The van der Waals surface area contributed by atoms with Gasteiger partial charge in [-0.3, -0.25) is 4.79 Å². The lowest BCUT2D eigenvalue weighted by atomic mass is 10.2. The van der Waals surface area contributed by atoms with Gasteiger partial charge >= 0.3 is 12.6 Å². The van der Waals surface area contributed by atoms with Gasteiger partial charge in [-0.1, -0.05) is 18.2 Å². The zero-order chi connectivity index (χ0) is 20.5. The minimum atomic E-state index is -3.08. The quantitative estimate of drug-likeness (QED) is 0.658. The van der Waals surface area contributed by atoms with Crippen LogP contribution < -0.4 is 19.5 Å². The number of halogens is 2.